The molecule has 2 fully saturated rings. The van der Waals surface area contributed by atoms with Gasteiger partial charge in [-0.25, -0.2) is 0 Å². The molecule has 42 heavy (non-hydrogen) atoms. The summed E-state index contributed by atoms with van der Waals surface area (Å²) in [7, 11) is 0. The Bertz CT molecular complexity index is 1450. The zero-order chi connectivity index (χ0) is 30.1. The molecule has 4 atom stereocenters. The molecule has 1 amide bonds. The highest BCUT2D eigenvalue weighted by Crippen LogP contribution is 2.40. The molecule has 0 aliphatic carbocycles. The minimum Gasteiger partial charge on any atom is -0.369 e. The van der Waals surface area contributed by atoms with E-state index in [0.29, 0.717) is 41.4 Å². The van der Waals surface area contributed by atoms with Crippen LogP contribution in [0, 0.1) is 11.8 Å². The molecule has 0 spiro atoms. The summed E-state index contributed by atoms with van der Waals surface area (Å²) in [5.41, 5.74) is 9.91. The Balaban J connectivity index is 1.49. The first-order valence-electron chi connectivity index (χ1n) is 14.9. The summed E-state index contributed by atoms with van der Waals surface area (Å²) in [6.45, 7) is 8.90. The van der Waals surface area contributed by atoms with Gasteiger partial charge in [-0.3, -0.25) is 9.59 Å². The molecular formula is C35H41Cl2N3O2. The number of rotatable bonds is 8. The van der Waals surface area contributed by atoms with Crippen molar-refractivity contribution in [3.8, 4) is 11.1 Å². The van der Waals surface area contributed by atoms with E-state index in [4.69, 9.17) is 28.9 Å². The lowest BCUT2D eigenvalue weighted by Crippen LogP contribution is -2.53. The molecule has 5 nitrogen and oxygen atoms in total. The highest BCUT2D eigenvalue weighted by atomic mass is 35.5. The van der Waals surface area contributed by atoms with Crippen molar-refractivity contribution in [2.24, 2.45) is 17.6 Å². The van der Waals surface area contributed by atoms with Crippen molar-refractivity contribution in [1.29, 1.82) is 0 Å². The Morgan fingerprint density at radius 3 is 2.40 bits per heavy atom. The second kappa shape index (κ2) is 12.5. The summed E-state index contributed by atoms with van der Waals surface area (Å²) >= 11 is 12.7. The standard InChI is InChI=1S/C35H41Cl2N3O2/c1-34(2,3)29-11-9-23(17-27(29)22-10-12-30(36)31(37)18-22)32(41)28(24-13-15-39-21-24)19-26-20-35(33(38)42,14-16-40-26)25-7-5-4-6-8-25/h4-12,17-18,24,26,28,39-40H,13-16,19-21H2,1-3H3,(H2,38,42). The smallest absolute Gasteiger partial charge is 0.228 e. The van der Waals surface area contributed by atoms with Gasteiger partial charge < -0.3 is 16.4 Å². The zero-order valence-electron chi connectivity index (χ0n) is 24.7. The lowest BCUT2D eigenvalue weighted by atomic mass is 9.68. The average molecular weight is 607 g/mol. The Kier molecular flexibility index (Phi) is 9.15. The number of nitrogens with one attached hydrogen (secondary N) is 2. The third-order valence-electron chi connectivity index (χ3n) is 9.26. The van der Waals surface area contributed by atoms with Crippen LogP contribution in [-0.2, 0) is 15.6 Å². The van der Waals surface area contributed by atoms with Gasteiger partial charge >= 0.3 is 0 Å². The third-order valence-corrected chi connectivity index (χ3v) is 10.0. The van der Waals surface area contributed by atoms with Gasteiger partial charge in [-0.1, -0.05) is 92.5 Å². The number of ketones is 1. The molecule has 4 unspecified atom stereocenters. The van der Waals surface area contributed by atoms with Crippen LogP contribution >= 0.6 is 23.2 Å². The molecule has 0 bridgehead atoms. The SMILES string of the molecule is CC(C)(C)c1ccc(C(=O)C(CC2CC(C(N)=O)(c3ccccc3)CCN2)C2CCNC2)cc1-c1ccc(Cl)c(Cl)c1. The highest BCUT2D eigenvalue weighted by molar-refractivity contribution is 6.42. The molecular weight excluding hydrogens is 565 g/mol. The fourth-order valence-electron chi connectivity index (χ4n) is 6.95. The Hall–Kier alpha value is -2.70. The molecule has 7 heteroatoms. The number of carbonyl (C=O) groups excluding carboxylic acids is 2. The van der Waals surface area contributed by atoms with Crippen LogP contribution in [0.15, 0.2) is 66.7 Å². The molecule has 2 heterocycles. The van der Waals surface area contributed by atoms with Crippen LogP contribution in [0.2, 0.25) is 10.0 Å². The van der Waals surface area contributed by atoms with Crippen LogP contribution in [0.5, 0.6) is 0 Å². The molecule has 3 aromatic carbocycles. The molecule has 0 aromatic heterocycles. The number of hydrogen-bond acceptors (Lipinski definition) is 4. The summed E-state index contributed by atoms with van der Waals surface area (Å²) < 4.78 is 0. The summed E-state index contributed by atoms with van der Waals surface area (Å²) in [5.74, 6) is -0.132. The molecule has 222 valence electrons. The van der Waals surface area contributed by atoms with Gasteiger partial charge in [0, 0.05) is 17.5 Å². The summed E-state index contributed by atoms with van der Waals surface area (Å²) in [6, 6.07) is 21.6. The molecule has 3 aromatic rings. The van der Waals surface area contributed by atoms with Gasteiger partial charge in [0.2, 0.25) is 5.91 Å². The van der Waals surface area contributed by atoms with Crippen molar-refractivity contribution in [2.75, 3.05) is 19.6 Å². The topological polar surface area (TPSA) is 84.2 Å². The maximum Gasteiger partial charge on any atom is 0.228 e. The first kappa shape index (κ1) is 30.7. The van der Waals surface area contributed by atoms with Gasteiger partial charge in [-0.2, -0.15) is 0 Å². The van der Waals surface area contributed by atoms with Crippen LogP contribution in [0.4, 0.5) is 0 Å². The van der Waals surface area contributed by atoms with Crippen molar-refractivity contribution in [1.82, 2.24) is 10.6 Å². The van der Waals surface area contributed by atoms with E-state index in [1.54, 1.807) is 6.07 Å². The quantitative estimate of drug-likeness (QED) is 0.243. The van der Waals surface area contributed by atoms with Crippen molar-refractivity contribution < 1.29 is 9.59 Å². The van der Waals surface area contributed by atoms with E-state index in [9.17, 15) is 9.59 Å². The molecule has 0 radical (unpaired) electrons. The number of halogens is 2. The highest BCUT2D eigenvalue weighted by Gasteiger charge is 2.44. The molecule has 2 aliphatic heterocycles. The number of hydrogen-bond donors (Lipinski definition) is 3. The van der Waals surface area contributed by atoms with E-state index >= 15 is 0 Å². The molecule has 2 saturated heterocycles. The summed E-state index contributed by atoms with van der Waals surface area (Å²) in [4.78, 5) is 27.4. The van der Waals surface area contributed by atoms with Crippen molar-refractivity contribution in [3.05, 3.63) is 93.5 Å². The van der Waals surface area contributed by atoms with E-state index < -0.39 is 5.41 Å². The van der Waals surface area contributed by atoms with Crippen LogP contribution in [-0.4, -0.2) is 37.4 Å². The average Bonchev–Trinajstić information content (AvgIpc) is 3.51. The number of amides is 1. The van der Waals surface area contributed by atoms with Gasteiger partial charge in [0.05, 0.1) is 15.5 Å². The normalized spacial score (nSPS) is 23.5. The molecule has 2 aliphatic rings. The van der Waals surface area contributed by atoms with Crippen LogP contribution in [0.3, 0.4) is 0 Å². The van der Waals surface area contributed by atoms with Crippen molar-refractivity contribution in [2.45, 2.75) is 63.3 Å². The van der Waals surface area contributed by atoms with Gasteiger partial charge in [-0.05, 0) is 97.1 Å². The summed E-state index contributed by atoms with van der Waals surface area (Å²) in [6.07, 6.45) is 2.82. The van der Waals surface area contributed by atoms with E-state index in [2.05, 4.69) is 37.5 Å². The predicted octanol–water partition coefficient (Wildman–Crippen LogP) is 6.93. The zero-order valence-corrected chi connectivity index (χ0v) is 26.2. The Morgan fingerprint density at radius 1 is 1.00 bits per heavy atom. The molecule has 0 saturated carbocycles. The predicted molar refractivity (Wildman–Crippen MR) is 172 cm³/mol. The van der Waals surface area contributed by atoms with E-state index in [0.717, 1.165) is 41.8 Å². The minimum absolute atomic E-state index is 0.00982. The molecule has 5 rings (SSSR count). The summed E-state index contributed by atoms with van der Waals surface area (Å²) in [5, 5.41) is 8.08. The first-order chi connectivity index (χ1) is 20.0. The van der Waals surface area contributed by atoms with Gasteiger partial charge in [-0.15, -0.1) is 0 Å². The fraction of sp³-hybridized carbons (Fsp3) is 0.429. The number of Topliss-reactive ketones (excluding diaryl/α,β-unsaturated/α-hetero) is 1. The minimum atomic E-state index is -0.742. The number of primary amides is 1. The largest absolute Gasteiger partial charge is 0.369 e. The number of piperidine rings is 1. The van der Waals surface area contributed by atoms with Gasteiger partial charge in [0.25, 0.3) is 0 Å². The Morgan fingerprint density at radius 2 is 1.76 bits per heavy atom. The van der Waals surface area contributed by atoms with Crippen LogP contribution in [0.25, 0.3) is 11.1 Å². The lowest BCUT2D eigenvalue weighted by Gasteiger charge is -2.41. The second-order valence-corrected chi connectivity index (χ2v) is 13.8. The van der Waals surface area contributed by atoms with Gasteiger partial charge in [0.1, 0.15) is 0 Å². The molecule has 4 N–H and O–H groups in total. The number of benzene rings is 3. The maximum atomic E-state index is 14.4. The monoisotopic (exact) mass is 605 g/mol. The van der Waals surface area contributed by atoms with E-state index in [-0.39, 0.29) is 35.0 Å². The van der Waals surface area contributed by atoms with Gasteiger partial charge in [0.15, 0.2) is 5.78 Å². The van der Waals surface area contributed by atoms with Crippen molar-refractivity contribution in [3.63, 3.8) is 0 Å². The van der Waals surface area contributed by atoms with Crippen molar-refractivity contribution >= 4 is 34.9 Å². The van der Waals surface area contributed by atoms with E-state index in [1.165, 1.54) is 0 Å². The third kappa shape index (κ3) is 6.30. The van der Waals surface area contributed by atoms with Crippen LogP contribution in [0.1, 0.15) is 67.9 Å². The second-order valence-electron chi connectivity index (χ2n) is 13.0. The fourth-order valence-corrected chi connectivity index (χ4v) is 7.24. The lowest BCUT2D eigenvalue weighted by molar-refractivity contribution is -0.125. The first-order valence-corrected chi connectivity index (χ1v) is 15.7. The number of nitrogens with two attached hydrogens (primary N) is 1. The van der Waals surface area contributed by atoms with Crippen LogP contribution < -0.4 is 16.4 Å². The Labute approximate surface area is 259 Å². The maximum absolute atomic E-state index is 14.4. The number of carbonyl (C=O) groups is 2. The van der Waals surface area contributed by atoms with E-state index in [1.807, 2.05) is 54.6 Å².